The summed E-state index contributed by atoms with van der Waals surface area (Å²) in [5, 5.41) is 7.77. The van der Waals surface area contributed by atoms with Gasteiger partial charge in [0.15, 0.2) is 4.84 Å². The Morgan fingerprint density at radius 3 is 2.52 bits per heavy atom. The second-order valence-electron chi connectivity index (χ2n) is 5.34. The third-order valence-electron chi connectivity index (χ3n) is 3.71. The standard InChI is InChI=1S/C17H12Cl4N2O2/c18-12-5-2-6-13(19)14(12)15-11(8-25-23-15)9-3-1-4-10(7-9)22-17(24)16(20)21/h1-7,11,16H,8H2,(H,22,24). The number of hydrogen-bond donors (Lipinski definition) is 1. The zero-order valence-corrected chi connectivity index (χ0v) is 15.7. The maximum Gasteiger partial charge on any atom is 0.257 e. The molecule has 1 N–H and O–H groups in total. The second-order valence-corrected chi connectivity index (χ2v) is 7.25. The first-order chi connectivity index (χ1) is 12.0. The molecule has 1 aliphatic heterocycles. The molecule has 1 unspecified atom stereocenters. The van der Waals surface area contributed by atoms with Crippen LogP contribution >= 0.6 is 46.4 Å². The van der Waals surface area contributed by atoms with Gasteiger partial charge >= 0.3 is 0 Å². The van der Waals surface area contributed by atoms with Crippen LogP contribution < -0.4 is 5.32 Å². The number of carbonyl (C=O) groups excluding carboxylic acids is 1. The molecule has 2 aromatic carbocycles. The Balaban J connectivity index is 1.92. The van der Waals surface area contributed by atoms with Crippen molar-refractivity contribution in [1.82, 2.24) is 0 Å². The summed E-state index contributed by atoms with van der Waals surface area (Å²) in [5.74, 6) is -0.664. The predicted octanol–water partition coefficient (Wildman–Crippen LogP) is 5.25. The Hall–Kier alpha value is -1.46. The maximum absolute atomic E-state index is 11.7. The number of rotatable bonds is 4. The molecule has 0 aromatic heterocycles. The fraction of sp³-hybridized carbons (Fsp3) is 0.176. The van der Waals surface area contributed by atoms with E-state index < -0.39 is 10.7 Å². The van der Waals surface area contributed by atoms with Gasteiger partial charge in [0.1, 0.15) is 12.3 Å². The number of hydrogen-bond acceptors (Lipinski definition) is 3. The van der Waals surface area contributed by atoms with Crippen molar-refractivity contribution in [1.29, 1.82) is 0 Å². The van der Waals surface area contributed by atoms with Gasteiger partial charge in [-0.3, -0.25) is 4.79 Å². The van der Waals surface area contributed by atoms with E-state index >= 15 is 0 Å². The van der Waals surface area contributed by atoms with Crippen LogP contribution in [0.3, 0.4) is 0 Å². The summed E-state index contributed by atoms with van der Waals surface area (Å²) in [6.07, 6.45) is 0. The van der Waals surface area contributed by atoms with E-state index in [4.69, 9.17) is 51.2 Å². The van der Waals surface area contributed by atoms with Gasteiger partial charge in [0, 0.05) is 11.3 Å². The normalized spacial score (nSPS) is 16.5. The third-order valence-corrected chi connectivity index (χ3v) is 4.73. The molecule has 0 bridgehead atoms. The van der Waals surface area contributed by atoms with Crippen LogP contribution in [0.15, 0.2) is 47.6 Å². The monoisotopic (exact) mass is 416 g/mol. The first-order valence-corrected chi connectivity index (χ1v) is 8.93. The zero-order valence-electron chi connectivity index (χ0n) is 12.7. The van der Waals surface area contributed by atoms with E-state index in [-0.39, 0.29) is 5.92 Å². The summed E-state index contributed by atoms with van der Waals surface area (Å²) >= 11 is 23.7. The molecule has 2 aromatic rings. The van der Waals surface area contributed by atoms with E-state index in [2.05, 4.69) is 10.5 Å². The summed E-state index contributed by atoms with van der Waals surface area (Å²) in [6, 6.07) is 12.5. The lowest BCUT2D eigenvalue weighted by Gasteiger charge is -2.15. The largest absolute Gasteiger partial charge is 0.394 e. The number of nitrogens with zero attached hydrogens (tertiary/aromatic N) is 1. The topological polar surface area (TPSA) is 50.7 Å². The van der Waals surface area contributed by atoms with Gasteiger partial charge in [0.25, 0.3) is 5.91 Å². The second kappa shape index (κ2) is 7.83. The molecular formula is C17H12Cl4N2O2. The van der Waals surface area contributed by atoms with Crippen LogP contribution in [0.4, 0.5) is 5.69 Å². The van der Waals surface area contributed by atoms with Crippen LogP contribution in [0.1, 0.15) is 17.0 Å². The Morgan fingerprint density at radius 1 is 1.16 bits per heavy atom. The van der Waals surface area contributed by atoms with Gasteiger partial charge < -0.3 is 10.2 Å². The molecule has 0 saturated carbocycles. The van der Waals surface area contributed by atoms with E-state index in [9.17, 15) is 4.79 Å². The van der Waals surface area contributed by atoms with E-state index in [1.165, 1.54) is 0 Å². The molecule has 0 aliphatic carbocycles. The van der Waals surface area contributed by atoms with E-state index in [0.717, 1.165) is 5.56 Å². The minimum absolute atomic E-state index is 0.169. The van der Waals surface area contributed by atoms with Gasteiger partial charge in [-0.05, 0) is 29.8 Å². The lowest BCUT2D eigenvalue weighted by Crippen LogP contribution is -2.19. The predicted molar refractivity (Wildman–Crippen MR) is 102 cm³/mol. The lowest BCUT2D eigenvalue weighted by atomic mass is 9.90. The van der Waals surface area contributed by atoms with Crippen LogP contribution in [0.2, 0.25) is 10.0 Å². The maximum atomic E-state index is 11.7. The molecule has 1 heterocycles. The van der Waals surface area contributed by atoms with Crippen LogP contribution in [0.25, 0.3) is 0 Å². The third kappa shape index (κ3) is 4.04. The fourth-order valence-corrected chi connectivity index (χ4v) is 3.27. The van der Waals surface area contributed by atoms with Crippen LogP contribution in [-0.2, 0) is 9.63 Å². The van der Waals surface area contributed by atoms with Crippen molar-refractivity contribution in [2.75, 3.05) is 11.9 Å². The highest BCUT2D eigenvalue weighted by molar-refractivity contribution is 6.54. The van der Waals surface area contributed by atoms with Crippen molar-refractivity contribution >= 4 is 63.7 Å². The van der Waals surface area contributed by atoms with E-state index in [0.29, 0.717) is 33.6 Å². The highest BCUT2D eigenvalue weighted by Crippen LogP contribution is 2.34. The summed E-state index contributed by atoms with van der Waals surface area (Å²) in [4.78, 5) is 15.8. The Kier molecular flexibility index (Phi) is 5.74. The number of anilines is 1. The van der Waals surface area contributed by atoms with Crippen molar-refractivity contribution < 1.29 is 9.63 Å². The van der Waals surface area contributed by atoms with Crippen molar-refractivity contribution in [3.8, 4) is 0 Å². The fourth-order valence-electron chi connectivity index (χ4n) is 2.57. The highest BCUT2D eigenvalue weighted by atomic mass is 35.5. The molecule has 0 saturated heterocycles. The molecule has 25 heavy (non-hydrogen) atoms. The zero-order chi connectivity index (χ0) is 18.0. The van der Waals surface area contributed by atoms with Crippen molar-refractivity contribution in [2.45, 2.75) is 10.8 Å². The molecule has 0 radical (unpaired) electrons. The number of halogens is 4. The van der Waals surface area contributed by atoms with Gasteiger partial charge in [-0.1, -0.05) is 69.8 Å². The average molecular weight is 418 g/mol. The lowest BCUT2D eigenvalue weighted by molar-refractivity contribution is -0.114. The van der Waals surface area contributed by atoms with Crippen LogP contribution in [0, 0.1) is 0 Å². The number of alkyl halides is 2. The van der Waals surface area contributed by atoms with Crippen LogP contribution in [0.5, 0.6) is 0 Å². The number of carbonyl (C=O) groups is 1. The molecule has 0 spiro atoms. The number of oxime groups is 1. The van der Waals surface area contributed by atoms with E-state index in [1.54, 1.807) is 24.3 Å². The molecule has 1 amide bonds. The SMILES string of the molecule is O=C(Nc1cccc(C2CON=C2c2c(Cl)cccc2Cl)c1)C(Cl)Cl. The summed E-state index contributed by atoms with van der Waals surface area (Å²) in [6.45, 7) is 0.349. The Morgan fingerprint density at radius 2 is 1.84 bits per heavy atom. The molecule has 4 nitrogen and oxygen atoms in total. The van der Waals surface area contributed by atoms with Crippen molar-refractivity contribution in [3.63, 3.8) is 0 Å². The molecule has 0 fully saturated rings. The Labute approximate surface area is 164 Å². The van der Waals surface area contributed by atoms with Crippen LogP contribution in [-0.4, -0.2) is 23.1 Å². The number of nitrogens with one attached hydrogen (secondary N) is 1. The summed E-state index contributed by atoms with van der Waals surface area (Å²) in [5.41, 5.74) is 2.76. The first-order valence-electron chi connectivity index (χ1n) is 7.30. The summed E-state index contributed by atoms with van der Waals surface area (Å²) < 4.78 is 0. The molecule has 3 rings (SSSR count). The minimum Gasteiger partial charge on any atom is -0.394 e. The van der Waals surface area contributed by atoms with Gasteiger partial charge in [0.2, 0.25) is 0 Å². The van der Waals surface area contributed by atoms with Gasteiger partial charge in [-0.15, -0.1) is 0 Å². The molecule has 130 valence electrons. The molecule has 1 aliphatic rings. The molecule has 8 heteroatoms. The van der Waals surface area contributed by atoms with Gasteiger partial charge in [-0.25, -0.2) is 0 Å². The van der Waals surface area contributed by atoms with Gasteiger partial charge in [0.05, 0.1) is 16.0 Å². The smallest absolute Gasteiger partial charge is 0.257 e. The van der Waals surface area contributed by atoms with E-state index in [1.807, 2.05) is 18.2 Å². The van der Waals surface area contributed by atoms with Crippen molar-refractivity contribution in [2.24, 2.45) is 5.16 Å². The average Bonchev–Trinajstić information content (AvgIpc) is 3.04. The summed E-state index contributed by atoms with van der Waals surface area (Å²) in [7, 11) is 0. The van der Waals surface area contributed by atoms with Gasteiger partial charge in [-0.2, -0.15) is 0 Å². The number of benzene rings is 2. The Bertz CT molecular complexity index is 819. The molecule has 1 atom stereocenters. The first kappa shape index (κ1) is 18.3. The number of amides is 1. The molecular weight excluding hydrogens is 406 g/mol. The quantitative estimate of drug-likeness (QED) is 0.690. The van der Waals surface area contributed by atoms with Crippen molar-refractivity contribution in [3.05, 3.63) is 63.6 Å². The highest BCUT2D eigenvalue weighted by Gasteiger charge is 2.29. The minimum atomic E-state index is -1.14.